The van der Waals surface area contributed by atoms with Crippen molar-refractivity contribution in [1.29, 1.82) is 0 Å². The highest BCUT2D eigenvalue weighted by molar-refractivity contribution is 5.92. The van der Waals surface area contributed by atoms with Crippen LogP contribution in [0.1, 0.15) is 6.92 Å². The van der Waals surface area contributed by atoms with Crippen LogP contribution in [0.4, 0.5) is 0 Å². The van der Waals surface area contributed by atoms with Gasteiger partial charge in [-0.15, -0.1) is 0 Å². The van der Waals surface area contributed by atoms with Gasteiger partial charge in [-0.2, -0.15) is 0 Å². The normalized spacial score (nSPS) is 11.1. The Morgan fingerprint density at radius 3 is 2.36 bits per heavy atom. The van der Waals surface area contributed by atoms with Crippen molar-refractivity contribution in [2.24, 2.45) is 0 Å². The smallest absolute Gasteiger partial charge is 0.371 e. The van der Waals surface area contributed by atoms with Crippen LogP contribution in [-0.4, -0.2) is 42.0 Å². The molecule has 0 aliphatic carbocycles. The molecule has 14 heavy (non-hydrogen) atoms. The van der Waals surface area contributed by atoms with Gasteiger partial charge in [-0.1, -0.05) is 0 Å². The Labute approximate surface area is 80.7 Å². The fraction of sp³-hybridized carbons (Fsp3) is 0.500. The van der Waals surface area contributed by atoms with Crippen LogP contribution in [0.2, 0.25) is 0 Å². The molecule has 0 atom stereocenters. The van der Waals surface area contributed by atoms with Crippen LogP contribution in [-0.2, 0) is 19.1 Å². The summed E-state index contributed by atoms with van der Waals surface area (Å²) in [6.45, 7) is 2.51. The van der Waals surface area contributed by atoms with Crippen molar-refractivity contribution in [1.82, 2.24) is 0 Å². The van der Waals surface area contributed by atoms with Crippen molar-refractivity contribution in [3.63, 3.8) is 0 Å². The third-order valence-electron chi connectivity index (χ3n) is 1.15. The van der Waals surface area contributed by atoms with Gasteiger partial charge in [-0.05, 0) is 6.92 Å². The number of rotatable bonds is 7. The highest BCUT2D eigenvalue weighted by Gasteiger charge is 2.10. The largest absolute Gasteiger partial charge is 0.484 e. The molecule has 0 heterocycles. The second-order valence-electron chi connectivity index (χ2n) is 2.20. The van der Waals surface area contributed by atoms with Gasteiger partial charge in [-0.3, -0.25) is 0 Å². The van der Waals surface area contributed by atoms with Crippen molar-refractivity contribution >= 4 is 11.9 Å². The zero-order valence-electron chi connectivity index (χ0n) is 7.73. The number of carboxylic acids is 2. The summed E-state index contributed by atoms with van der Waals surface area (Å²) in [4.78, 5) is 20.6. The highest BCUT2D eigenvalue weighted by Crippen LogP contribution is 1.97. The van der Waals surface area contributed by atoms with Gasteiger partial charge in [0.25, 0.3) is 0 Å². The molecule has 0 fully saturated rings. The second kappa shape index (κ2) is 6.90. The first kappa shape index (κ1) is 12.4. The van der Waals surface area contributed by atoms with E-state index >= 15 is 0 Å². The summed E-state index contributed by atoms with van der Waals surface area (Å²) in [6, 6.07) is 0. The minimum absolute atomic E-state index is 0.0131. The van der Waals surface area contributed by atoms with Gasteiger partial charge in [0, 0.05) is 6.61 Å². The lowest BCUT2D eigenvalue weighted by atomic mass is 10.4. The number of hydrogen-bond acceptors (Lipinski definition) is 4. The molecule has 2 N–H and O–H groups in total. The number of hydrogen-bond donors (Lipinski definition) is 2. The molecule has 0 aromatic carbocycles. The first-order chi connectivity index (χ1) is 6.57. The molecular weight excluding hydrogens is 192 g/mol. The average molecular weight is 204 g/mol. The number of carboxylic acid groups (broad SMARTS) is 2. The molecule has 0 aromatic rings. The maximum atomic E-state index is 10.4. The Morgan fingerprint density at radius 1 is 1.29 bits per heavy atom. The topological polar surface area (TPSA) is 93.1 Å². The monoisotopic (exact) mass is 204 g/mol. The van der Waals surface area contributed by atoms with Crippen molar-refractivity contribution in [2.75, 3.05) is 19.8 Å². The number of aliphatic carboxylic acids is 2. The summed E-state index contributed by atoms with van der Waals surface area (Å²) in [6.07, 6.45) is 0.494. The number of carbonyl (C=O) groups is 2. The lowest BCUT2D eigenvalue weighted by Gasteiger charge is -2.05. The molecular formula is C8H12O6. The van der Waals surface area contributed by atoms with Gasteiger partial charge in [0.1, 0.15) is 6.61 Å². The predicted molar refractivity (Wildman–Crippen MR) is 45.8 cm³/mol. The third kappa shape index (κ3) is 6.01. The summed E-state index contributed by atoms with van der Waals surface area (Å²) < 4.78 is 9.55. The fourth-order valence-corrected chi connectivity index (χ4v) is 0.632. The van der Waals surface area contributed by atoms with Crippen molar-refractivity contribution < 1.29 is 29.3 Å². The molecule has 0 aliphatic rings. The molecule has 0 rings (SSSR count). The molecule has 0 aliphatic heterocycles. The molecule has 0 radical (unpaired) electrons. The van der Waals surface area contributed by atoms with E-state index in [-0.39, 0.29) is 13.2 Å². The Morgan fingerprint density at radius 2 is 1.93 bits per heavy atom. The molecule has 6 nitrogen and oxygen atoms in total. The zero-order chi connectivity index (χ0) is 11.0. The Bertz CT molecular complexity index is 232. The highest BCUT2D eigenvalue weighted by atomic mass is 16.5. The van der Waals surface area contributed by atoms with E-state index in [0.29, 0.717) is 12.7 Å². The third-order valence-corrected chi connectivity index (χ3v) is 1.15. The van der Waals surface area contributed by atoms with Gasteiger partial charge >= 0.3 is 11.9 Å². The van der Waals surface area contributed by atoms with Crippen LogP contribution in [0.3, 0.4) is 0 Å². The van der Waals surface area contributed by atoms with Gasteiger partial charge in [-0.25, -0.2) is 9.59 Å². The summed E-state index contributed by atoms with van der Waals surface area (Å²) >= 11 is 0. The molecule has 0 aromatic heterocycles. The van der Waals surface area contributed by atoms with Crippen LogP contribution < -0.4 is 0 Å². The van der Waals surface area contributed by atoms with Crippen molar-refractivity contribution in [3.8, 4) is 0 Å². The van der Waals surface area contributed by atoms with E-state index in [9.17, 15) is 9.59 Å². The molecule has 80 valence electrons. The second-order valence-corrected chi connectivity index (χ2v) is 2.20. The van der Waals surface area contributed by atoms with E-state index in [0.717, 1.165) is 0 Å². The van der Waals surface area contributed by atoms with Crippen molar-refractivity contribution in [3.05, 3.63) is 11.8 Å². The van der Waals surface area contributed by atoms with Crippen molar-refractivity contribution in [2.45, 2.75) is 6.92 Å². The van der Waals surface area contributed by atoms with E-state index in [2.05, 4.69) is 4.74 Å². The van der Waals surface area contributed by atoms with E-state index in [4.69, 9.17) is 14.9 Å². The van der Waals surface area contributed by atoms with Gasteiger partial charge in [0.15, 0.2) is 0 Å². The molecule has 0 saturated carbocycles. The Kier molecular flexibility index (Phi) is 6.13. The maximum absolute atomic E-state index is 10.4. The zero-order valence-corrected chi connectivity index (χ0v) is 7.73. The first-order valence-corrected chi connectivity index (χ1v) is 3.96. The van der Waals surface area contributed by atoms with Gasteiger partial charge in [0.05, 0.1) is 12.7 Å². The SMILES string of the molecule is CCOCCO/C(=C/C(=O)O)C(=O)O. The van der Waals surface area contributed by atoms with E-state index in [1.165, 1.54) is 0 Å². The minimum Gasteiger partial charge on any atom is -0.484 e. The van der Waals surface area contributed by atoms with Crippen LogP contribution in [0, 0.1) is 0 Å². The number of ether oxygens (including phenoxy) is 2. The van der Waals surface area contributed by atoms with Crippen LogP contribution in [0.15, 0.2) is 11.8 Å². The minimum atomic E-state index is -1.41. The van der Waals surface area contributed by atoms with E-state index in [1.54, 1.807) is 6.92 Å². The standard InChI is InChI=1S/C8H12O6/c1-2-13-3-4-14-6(8(11)12)5-7(9)10/h5H,2-4H2,1H3,(H,9,10)(H,11,12)/b6-5+. The lowest BCUT2D eigenvalue weighted by Crippen LogP contribution is -2.11. The molecule has 0 unspecified atom stereocenters. The Hall–Kier alpha value is -1.56. The quantitative estimate of drug-likeness (QED) is 0.347. The van der Waals surface area contributed by atoms with E-state index in [1.807, 2.05) is 0 Å². The molecule has 6 heteroatoms. The summed E-state index contributed by atoms with van der Waals surface area (Å²) in [5, 5.41) is 16.8. The van der Waals surface area contributed by atoms with Crippen LogP contribution >= 0.6 is 0 Å². The van der Waals surface area contributed by atoms with Gasteiger partial charge < -0.3 is 19.7 Å². The van der Waals surface area contributed by atoms with Gasteiger partial charge in [0.2, 0.25) is 5.76 Å². The fourth-order valence-electron chi connectivity index (χ4n) is 0.632. The van der Waals surface area contributed by atoms with E-state index < -0.39 is 17.7 Å². The molecule has 0 amide bonds. The molecule has 0 spiro atoms. The Balaban J connectivity index is 3.99. The van der Waals surface area contributed by atoms with Crippen LogP contribution in [0.5, 0.6) is 0 Å². The first-order valence-electron chi connectivity index (χ1n) is 3.96. The molecule has 0 saturated heterocycles. The maximum Gasteiger partial charge on any atom is 0.371 e. The molecule has 0 bridgehead atoms. The summed E-state index contributed by atoms with van der Waals surface area (Å²) in [7, 11) is 0. The predicted octanol–water partition coefficient (Wildman–Crippen LogP) is 0.0926. The summed E-state index contributed by atoms with van der Waals surface area (Å²) in [5.74, 6) is -3.38. The van der Waals surface area contributed by atoms with Crippen LogP contribution in [0.25, 0.3) is 0 Å². The lowest BCUT2D eigenvalue weighted by molar-refractivity contribution is -0.138. The average Bonchev–Trinajstić information content (AvgIpc) is 2.09. The summed E-state index contributed by atoms with van der Waals surface area (Å²) in [5.41, 5.74) is 0.